The maximum Gasteiger partial charge on any atom is 0.280 e. The quantitative estimate of drug-likeness (QED) is 0.868. The number of nitrogens with one attached hydrogen (secondary N) is 1. The summed E-state index contributed by atoms with van der Waals surface area (Å²) < 4.78 is 5.79. The molecule has 5 heteroatoms. The highest BCUT2D eigenvalue weighted by atomic mass is 16.5. The monoisotopic (exact) mass is 310 g/mol. The van der Waals surface area contributed by atoms with Crippen molar-refractivity contribution in [3.8, 4) is 5.75 Å². The Morgan fingerprint density at radius 1 is 1.17 bits per heavy atom. The zero-order valence-corrected chi connectivity index (χ0v) is 13.3. The molecule has 1 unspecified atom stereocenters. The molecule has 2 aromatic rings. The van der Waals surface area contributed by atoms with Crippen LogP contribution in [0.5, 0.6) is 5.75 Å². The Morgan fingerprint density at radius 3 is 2.57 bits per heavy atom. The number of benzene rings is 2. The minimum Gasteiger partial charge on any atom is -0.465 e. The van der Waals surface area contributed by atoms with Gasteiger partial charge >= 0.3 is 0 Å². The Hall–Kier alpha value is -2.82. The fourth-order valence-electron chi connectivity index (χ4n) is 2.57. The first-order chi connectivity index (χ1) is 10.9. The van der Waals surface area contributed by atoms with Gasteiger partial charge < -0.3 is 15.0 Å². The molecule has 118 valence electrons. The Kier molecular flexibility index (Phi) is 3.56. The third kappa shape index (κ3) is 2.54. The van der Waals surface area contributed by atoms with Crippen LogP contribution in [0.15, 0.2) is 48.5 Å². The molecule has 2 aromatic carbocycles. The van der Waals surface area contributed by atoms with Crippen molar-refractivity contribution in [3.05, 3.63) is 54.1 Å². The predicted molar refractivity (Wildman–Crippen MR) is 88.7 cm³/mol. The molecule has 1 aliphatic rings. The van der Waals surface area contributed by atoms with Gasteiger partial charge in [-0.3, -0.25) is 9.59 Å². The maximum atomic E-state index is 12.8. The molecule has 0 spiro atoms. The first kappa shape index (κ1) is 15.1. The summed E-state index contributed by atoms with van der Waals surface area (Å²) >= 11 is 0. The first-order valence-corrected chi connectivity index (χ1v) is 7.36. The SMILES string of the molecule is Cc1ccc2c(c1)NC(=O)C(C)(C(=O)N(C)c1ccccc1)O2. The van der Waals surface area contributed by atoms with Crippen LogP contribution in [0, 0.1) is 6.92 Å². The van der Waals surface area contributed by atoms with Crippen molar-refractivity contribution >= 4 is 23.2 Å². The third-order valence-corrected chi connectivity index (χ3v) is 3.99. The average molecular weight is 310 g/mol. The average Bonchev–Trinajstić information content (AvgIpc) is 2.56. The van der Waals surface area contributed by atoms with Crippen LogP contribution >= 0.6 is 0 Å². The lowest BCUT2D eigenvalue weighted by molar-refractivity contribution is -0.144. The zero-order chi connectivity index (χ0) is 16.6. The molecule has 0 bridgehead atoms. The fraction of sp³-hybridized carbons (Fsp3) is 0.222. The van der Waals surface area contributed by atoms with Gasteiger partial charge in [0.05, 0.1) is 5.69 Å². The number of para-hydroxylation sites is 1. The number of amides is 2. The lowest BCUT2D eigenvalue weighted by Gasteiger charge is -2.36. The summed E-state index contributed by atoms with van der Waals surface area (Å²) in [5.41, 5.74) is 0.684. The molecule has 1 aliphatic heterocycles. The van der Waals surface area contributed by atoms with Gasteiger partial charge in [-0.15, -0.1) is 0 Å². The van der Waals surface area contributed by atoms with E-state index in [1.807, 2.05) is 37.3 Å². The van der Waals surface area contributed by atoms with Crippen molar-refractivity contribution in [1.82, 2.24) is 0 Å². The van der Waals surface area contributed by atoms with Crippen LogP contribution in [-0.2, 0) is 9.59 Å². The molecule has 0 radical (unpaired) electrons. The number of anilines is 2. The number of carbonyl (C=O) groups is 2. The standard InChI is InChI=1S/C18H18N2O3/c1-12-9-10-15-14(11-12)19-16(21)18(2,23-15)17(22)20(3)13-7-5-4-6-8-13/h4-11H,1-3H3,(H,19,21). The van der Waals surface area contributed by atoms with Crippen molar-refractivity contribution in [3.63, 3.8) is 0 Å². The fourth-order valence-corrected chi connectivity index (χ4v) is 2.57. The molecule has 0 aliphatic carbocycles. The van der Waals surface area contributed by atoms with Gasteiger partial charge in [0.25, 0.3) is 17.4 Å². The second-order valence-electron chi connectivity index (χ2n) is 5.79. The topological polar surface area (TPSA) is 58.6 Å². The molecule has 3 rings (SSSR count). The second-order valence-corrected chi connectivity index (χ2v) is 5.79. The second kappa shape index (κ2) is 5.43. The van der Waals surface area contributed by atoms with Crippen LogP contribution in [0.3, 0.4) is 0 Å². The summed E-state index contributed by atoms with van der Waals surface area (Å²) in [4.78, 5) is 26.8. The number of rotatable bonds is 2. The highest BCUT2D eigenvalue weighted by Crippen LogP contribution is 2.35. The molecule has 1 N–H and O–H groups in total. The van der Waals surface area contributed by atoms with Crippen molar-refractivity contribution in [2.45, 2.75) is 19.4 Å². The predicted octanol–water partition coefficient (Wildman–Crippen LogP) is 2.75. The maximum absolute atomic E-state index is 12.8. The number of ether oxygens (including phenoxy) is 1. The Bertz CT molecular complexity index is 773. The smallest absolute Gasteiger partial charge is 0.280 e. The number of nitrogens with zero attached hydrogens (tertiary/aromatic N) is 1. The van der Waals surface area contributed by atoms with Gasteiger partial charge in [-0.25, -0.2) is 0 Å². The summed E-state index contributed by atoms with van der Waals surface area (Å²) in [6, 6.07) is 14.6. The Labute approximate surface area is 134 Å². The van der Waals surface area contributed by atoms with Gasteiger partial charge in [-0.1, -0.05) is 24.3 Å². The van der Waals surface area contributed by atoms with Crippen LogP contribution in [0.2, 0.25) is 0 Å². The summed E-state index contributed by atoms with van der Waals surface area (Å²) in [6.07, 6.45) is 0. The molecule has 2 amide bonds. The van der Waals surface area contributed by atoms with E-state index >= 15 is 0 Å². The van der Waals surface area contributed by atoms with Gasteiger partial charge in [0, 0.05) is 12.7 Å². The number of hydrogen-bond acceptors (Lipinski definition) is 3. The van der Waals surface area contributed by atoms with Crippen molar-refractivity contribution in [2.24, 2.45) is 0 Å². The molecular weight excluding hydrogens is 292 g/mol. The molecule has 1 heterocycles. The van der Waals surface area contributed by atoms with Crippen molar-refractivity contribution < 1.29 is 14.3 Å². The van der Waals surface area contributed by atoms with E-state index < -0.39 is 17.4 Å². The van der Waals surface area contributed by atoms with E-state index in [2.05, 4.69) is 5.32 Å². The van der Waals surface area contributed by atoms with Crippen LogP contribution in [0.25, 0.3) is 0 Å². The highest BCUT2D eigenvalue weighted by Gasteiger charge is 2.48. The summed E-state index contributed by atoms with van der Waals surface area (Å²) in [6.45, 7) is 3.42. The number of likely N-dealkylation sites (N-methyl/N-ethyl adjacent to an activating group) is 1. The minimum atomic E-state index is -1.60. The van der Waals surface area contributed by atoms with Crippen LogP contribution in [0.1, 0.15) is 12.5 Å². The third-order valence-electron chi connectivity index (χ3n) is 3.99. The minimum absolute atomic E-state index is 0.424. The van der Waals surface area contributed by atoms with Gasteiger partial charge in [0.1, 0.15) is 5.75 Å². The van der Waals surface area contributed by atoms with Gasteiger partial charge in [-0.05, 0) is 43.7 Å². The van der Waals surface area contributed by atoms with E-state index in [-0.39, 0.29) is 0 Å². The van der Waals surface area contributed by atoms with Crippen LogP contribution in [-0.4, -0.2) is 24.5 Å². The lowest BCUT2D eigenvalue weighted by atomic mass is 10.00. The van der Waals surface area contributed by atoms with Crippen LogP contribution in [0.4, 0.5) is 11.4 Å². The van der Waals surface area contributed by atoms with Gasteiger partial charge in [-0.2, -0.15) is 0 Å². The number of fused-ring (bicyclic) bond motifs is 1. The molecule has 0 saturated carbocycles. The van der Waals surface area contributed by atoms with Crippen molar-refractivity contribution in [2.75, 3.05) is 17.3 Å². The Balaban J connectivity index is 1.93. The van der Waals surface area contributed by atoms with E-state index in [4.69, 9.17) is 4.74 Å². The number of hydrogen-bond donors (Lipinski definition) is 1. The molecule has 0 fully saturated rings. The molecule has 1 atom stereocenters. The number of carbonyl (C=O) groups excluding carboxylic acids is 2. The molecular formula is C18H18N2O3. The van der Waals surface area contributed by atoms with Gasteiger partial charge in [0.2, 0.25) is 0 Å². The van der Waals surface area contributed by atoms with E-state index in [0.717, 1.165) is 5.56 Å². The van der Waals surface area contributed by atoms with E-state index in [0.29, 0.717) is 17.1 Å². The zero-order valence-electron chi connectivity index (χ0n) is 13.3. The lowest BCUT2D eigenvalue weighted by Crippen LogP contribution is -2.59. The molecule has 0 saturated heterocycles. The van der Waals surface area contributed by atoms with Crippen molar-refractivity contribution in [1.29, 1.82) is 0 Å². The van der Waals surface area contributed by atoms with Crippen LogP contribution < -0.4 is 15.0 Å². The highest BCUT2D eigenvalue weighted by molar-refractivity contribution is 6.19. The summed E-state index contributed by atoms with van der Waals surface area (Å²) in [7, 11) is 1.63. The largest absolute Gasteiger partial charge is 0.465 e. The van der Waals surface area contributed by atoms with Gasteiger partial charge in [0.15, 0.2) is 0 Å². The molecule has 23 heavy (non-hydrogen) atoms. The number of aryl methyl sites for hydroxylation is 1. The molecule has 0 aromatic heterocycles. The summed E-state index contributed by atoms with van der Waals surface area (Å²) in [5, 5.41) is 2.77. The Morgan fingerprint density at radius 2 is 1.87 bits per heavy atom. The normalized spacial score (nSPS) is 19.3. The summed E-state index contributed by atoms with van der Waals surface area (Å²) in [5.74, 6) is -0.400. The first-order valence-electron chi connectivity index (χ1n) is 7.36. The van der Waals surface area contributed by atoms with E-state index in [1.54, 1.807) is 25.2 Å². The van der Waals surface area contributed by atoms with E-state index in [9.17, 15) is 9.59 Å². The van der Waals surface area contributed by atoms with E-state index in [1.165, 1.54) is 11.8 Å². The molecule has 5 nitrogen and oxygen atoms in total.